The average Bonchev–Trinajstić information content (AvgIpc) is 1.95. The molecule has 0 amide bonds. The zero-order chi connectivity index (χ0) is 9.40. The number of hydrogen-bond donors (Lipinski definition) is 4. The van der Waals surface area contributed by atoms with Crippen molar-refractivity contribution in [2.75, 3.05) is 13.1 Å². The van der Waals surface area contributed by atoms with Crippen molar-refractivity contribution in [2.45, 2.75) is 12.8 Å². The maximum Gasteiger partial charge on any atom is 0.0924 e. The summed E-state index contributed by atoms with van der Waals surface area (Å²) < 4.78 is 0. The number of nitrogens with two attached hydrogens (primary N) is 2. The van der Waals surface area contributed by atoms with Gasteiger partial charge in [0.25, 0.3) is 0 Å². The fourth-order valence-electron chi connectivity index (χ4n) is 0.482. The molecule has 0 fully saturated rings. The van der Waals surface area contributed by atoms with Crippen LogP contribution < -0.4 is 11.5 Å². The first kappa shape index (κ1) is 14.4. The van der Waals surface area contributed by atoms with E-state index >= 15 is 0 Å². The monoisotopic (exact) mass is 206 g/mol. The van der Waals surface area contributed by atoms with Crippen LogP contribution in [0.15, 0.2) is 10.2 Å². The minimum atomic E-state index is 0. The van der Waals surface area contributed by atoms with Crippen LogP contribution in [-0.4, -0.2) is 24.8 Å². The predicted octanol–water partition coefficient (Wildman–Crippen LogP) is 0.513. The molecule has 0 saturated heterocycles. The number of amidine groups is 2. The van der Waals surface area contributed by atoms with Gasteiger partial charge in [-0.25, -0.2) is 0 Å². The highest BCUT2D eigenvalue weighted by Crippen LogP contribution is 1.84. The van der Waals surface area contributed by atoms with Crippen LogP contribution in [0.5, 0.6) is 0 Å². The number of azo groups is 1. The Hall–Kier alpha value is -1.17. The highest BCUT2D eigenvalue weighted by atomic mass is 35.5. The molecule has 0 aliphatic heterocycles. The summed E-state index contributed by atoms with van der Waals surface area (Å²) in [7, 11) is 0. The topological polar surface area (TPSA) is 124 Å². The first-order valence-electron chi connectivity index (χ1n) is 3.62. The molecule has 0 aromatic heterocycles. The molecule has 0 saturated carbocycles. The molecule has 0 aromatic rings. The van der Waals surface area contributed by atoms with Crippen molar-refractivity contribution in [3.63, 3.8) is 0 Å². The van der Waals surface area contributed by atoms with E-state index in [1.807, 2.05) is 0 Å². The van der Waals surface area contributed by atoms with Gasteiger partial charge in [-0.05, 0) is 0 Å². The van der Waals surface area contributed by atoms with Crippen LogP contribution in [0.4, 0.5) is 0 Å². The maximum atomic E-state index is 6.86. The molecule has 6 nitrogen and oxygen atoms in total. The Morgan fingerprint density at radius 1 is 0.923 bits per heavy atom. The van der Waals surface area contributed by atoms with Gasteiger partial charge in [0.2, 0.25) is 0 Å². The van der Waals surface area contributed by atoms with Gasteiger partial charge in [-0.2, -0.15) is 10.2 Å². The second kappa shape index (κ2) is 8.92. The van der Waals surface area contributed by atoms with Crippen molar-refractivity contribution in [3.05, 3.63) is 0 Å². The van der Waals surface area contributed by atoms with Gasteiger partial charge in [0.15, 0.2) is 0 Å². The smallest absolute Gasteiger partial charge is 0.0924 e. The third kappa shape index (κ3) is 13.8. The van der Waals surface area contributed by atoms with Crippen molar-refractivity contribution in [1.82, 2.24) is 0 Å². The number of nitrogens with one attached hydrogen (secondary N) is 2. The fourth-order valence-corrected chi connectivity index (χ4v) is 0.482. The zero-order valence-electron chi connectivity index (χ0n) is 7.29. The first-order valence-corrected chi connectivity index (χ1v) is 3.62. The normalized spacial score (nSPS) is 9.54. The van der Waals surface area contributed by atoms with E-state index in [9.17, 15) is 0 Å². The molecular formula is C6H15ClN6. The molecule has 0 aromatic carbocycles. The van der Waals surface area contributed by atoms with Crippen LogP contribution in [0.3, 0.4) is 0 Å². The van der Waals surface area contributed by atoms with Crippen LogP contribution in [0.2, 0.25) is 0 Å². The van der Waals surface area contributed by atoms with E-state index in [1.54, 1.807) is 0 Å². The van der Waals surface area contributed by atoms with Gasteiger partial charge in [-0.1, -0.05) is 0 Å². The number of nitrogens with zero attached hydrogens (tertiary/aromatic N) is 2. The molecule has 0 aliphatic carbocycles. The Balaban J connectivity index is 0. The van der Waals surface area contributed by atoms with E-state index in [0.29, 0.717) is 25.9 Å². The lowest BCUT2D eigenvalue weighted by molar-refractivity contribution is 0.848. The van der Waals surface area contributed by atoms with Crippen LogP contribution in [-0.2, 0) is 0 Å². The second-order valence-electron chi connectivity index (χ2n) is 2.28. The third-order valence-electron chi connectivity index (χ3n) is 1.06. The fraction of sp³-hybridized carbons (Fsp3) is 0.667. The Labute approximate surface area is 83.2 Å². The standard InChI is InChI=1S/C6H14N6.ClH/c7-5(8)1-3-11-12-4-2-6(9)10;/h1-4H2,(H3,7,8)(H3,9,10);1H. The van der Waals surface area contributed by atoms with Gasteiger partial charge in [0.1, 0.15) is 0 Å². The molecule has 13 heavy (non-hydrogen) atoms. The minimum absolute atomic E-state index is 0. The Morgan fingerprint density at radius 2 is 1.23 bits per heavy atom. The Morgan fingerprint density at radius 3 is 1.46 bits per heavy atom. The van der Waals surface area contributed by atoms with Gasteiger partial charge in [-0.15, -0.1) is 12.4 Å². The van der Waals surface area contributed by atoms with E-state index in [1.165, 1.54) is 0 Å². The van der Waals surface area contributed by atoms with E-state index in [0.717, 1.165) is 0 Å². The summed E-state index contributed by atoms with van der Waals surface area (Å²) in [6.45, 7) is 0.875. The summed E-state index contributed by atoms with van der Waals surface area (Å²) in [5, 5.41) is 21.2. The summed E-state index contributed by atoms with van der Waals surface area (Å²) in [5.41, 5.74) is 10.2. The molecule has 76 valence electrons. The molecule has 0 atom stereocenters. The van der Waals surface area contributed by atoms with Crippen LogP contribution >= 0.6 is 12.4 Å². The van der Waals surface area contributed by atoms with Gasteiger partial charge in [0, 0.05) is 12.8 Å². The van der Waals surface area contributed by atoms with Crippen molar-refractivity contribution in [2.24, 2.45) is 21.7 Å². The van der Waals surface area contributed by atoms with E-state index in [4.69, 9.17) is 22.3 Å². The molecule has 0 radical (unpaired) electrons. The quantitative estimate of drug-likeness (QED) is 0.287. The lowest BCUT2D eigenvalue weighted by Crippen LogP contribution is -2.11. The van der Waals surface area contributed by atoms with E-state index in [2.05, 4.69) is 10.2 Å². The first-order chi connectivity index (χ1) is 5.63. The second-order valence-corrected chi connectivity index (χ2v) is 2.28. The number of halogens is 1. The van der Waals surface area contributed by atoms with E-state index in [-0.39, 0.29) is 24.1 Å². The molecule has 0 spiro atoms. The molecule has 0 unspecified atom stereocenters. The highest BCUT2D eigenvalue weighted by molar-refractivity contribution is 5.85. The van der Waals surface area contributed by atoms with Crippen LogP contribution in [0.1, 0.15) is 12.8 Å². The van der Waals surface area contributed by atoms with Crippen molar-refractivity contribution < 1.29 is 0 Å². The minimum Gasteiger partial charge on any atom is -0.388 e. The van der Waals surface area contributed by atoms with Gasteiger partial charge in [-0.3, -0.25) is 10.8 Å². The number of rotatable bonds is 6. The summed E-state index contributed by atoms with van der Waals surface area (Å²) in [6, 6.07) is 0. The molecule has 7 heteroatoms. The van der Waals surface area contributed by atoms with Crippen LogP contribution in [0, 0.1) is 10.8 Å². The largest absolute Gasteiger partial charge is 0.388 e. The summed E-state index contributed by atoms with van der Waals surface area (Å²) in [5.74, 6) is 0.223. The molecular weight excluding hydrogens is 192 g/mol. The molecule has 0 bridgehead atoms. The summed E-state index contributed by atoms with van der Waals surface area (Å²) in [4.78, 5) is 0. The van der Waals surface area contributed by atoms with Crippen molar-refractivity contribution in [1.29, 1.82) is 10.8 Å². The van der Waals surface area contributed by atoms with E-state index < -0.39 is 0 Å². The van der Waals surface area contributed by atoms with Gasteiger partial charge in [0.05, 0.1) is 24.8 Å². The Kier molecular flexibility index (Phi) is 9.86. The van der Waals surface area contributed by atoms with Gasteiger partial charge < -0.3 is 11.5 Å². The molecule has 0 aliphatic rings. The van der Waals surface area contributed by atoms with Crippen molar-refractivity contribution >= 4 is 24.1 Å². The third-order valence-corrected chi connectivity index (χ3v) is 1.06. The average molecular weight is 207 g/mol. The lowest BCUT2D eigenvalue weighted by atomic mass is 10.4. The van der Waals surface area contributed by atoms with Crippen molar-refractivity contribution in [3.8, 4) is 0 Å². The predicted molar refractivity (Wildman–Crippen MR) is 54.9 cm³/mol. The van der Waals surface area contributed by atoms with Crippen LogP contribution in [0.25, 0.3) is 0 Å². The lowest BCUT2D eigenvalue weighted by Gasteiger charge is -1.92. The molecule has 6 N–H and O–H groups in total. The molecule has 0 heterocycles. The summed E-state index contributed by atoms with van der Waals surface area (Å²) in [6.07, 6.45) is 0.868. The van der Waals surface area contributed by atoms with Gasteiger partial charge >= 0.3 is 0 Å². The number of hydrogen-bond acceptors (Lipinski definition) is 4. The highest BCUT2D eigenvalue weighted by Gasteiger charge is 1.88. The zero-order valence-corrected chi connectivity index (χ0v) is 8.10. The molecule has 0 rings (SSSR count). The summed E-state index contributed by atoms with van der Waals surface area (Å²) >= 11 is 0. The SMILES string of the molecule is Cl.N=C(N)CCN=NCCC(=N)N. The maximum absolute atomic E-state index is 6.86. The Bertz CT molecular complexity index is 170.